The fourth-order valence-corrected chi connectivity index (χ4v) is 5.54. The molecule has 0 spiro atoms. The highest BCUT2D eigenvalue weighted by Crippen LogP contribution is 2.39. The molecule has 1 aliphatic carbocycles. The van der Waals surface area contributed by atoms with Gasteiger partial charge in [-0.1, -0.05) is 42.0 Å². The molecule has 8 nitrogen and oxygen atoms in total. The van der Waals surface area contributed by atoms with E-state index in [1.54, 1.807) is 6.07 Å². The minimum absolute atomic E-state index is 0.159. The maximum absolute atomic E-state index is 13.3. The number of hydrogen-bond donors (Lipinski definition) is 2. The maximum atomic E-state index is 13.3. The van der Waals surface area contributed by atoms with Gasteiger partial charge in [-0.25, -0.2) is 4.98 Å². The number of rotatable bonds is 12. The van der Waals surface area contributed by atoms with Crippen LogP contribution in [0.5, 0.6) is 0 Å². The summed E-state index contributed by atoms with van der Waals surface area (Å²) in [6.07, 6.45) is 11.6. The second-order valence-electron chi connectivity index (χ2n) is 12.0. The van der Waals surface area contributed by atoms with Gasteiger partial charge in [-0.2, -0.15) is 0 Å². The van der Waals surface area contributed by atoms with Crippen molar-refractivity contribution in [1.29, 1.82) is 0 Å². The molecule has 5 rings (SSSR count). The van der Waals surface area contributed by atoms with Crippen LogP contribution in [0.3, 0.4) is 0 Å². The second-order valence-corrected chi connectivity index (χ2v) is 12.0. The SMILES string of the molecule is C/C=C(/C)N(C)CCCNC(=O)c1ccc(N2CCC=C(Cc3ccccc3C)CC2)c(NC(=O)c2coc(C3CC3)n2)c1. The van der Waals surface area contributed by atoms with Gasteiger partial charge >= 0.3 is 0 Å². The lowest BCUT2D eigenvalue weighted by atomic mass is 9.98. The van der Waals surface area contributed by atoms with Crippen LogP contribution in [0.15, 0.2) is 76.6 Å². The molecule has 8 heteroatoms. The lowest BCUT2D eigenvalue weighted by Crippen LogP contribution is -2.29. The molecule has 1 aromatic heterocycles. The van der Waals surface area contributed by atoms with Crippen molar-refractivity contribution < 1.29 is 14.0 Å². The van der Waals surface area contributed by atoms with Gasteiger partial charge in [0, 0.05) is 50.4 Å². The molecule has 0 saturated heterocycles. The molecule has 1 saturated carbocycles. The highest BCUT2D eigenvalue weighted by Gasteiger charge is 2.29. The largest absolute Gasteiger partial charge is 0.448 e. The quantitative estimate of drug-likeness (QED) is 0.176. The molecule has 232 valence electrons. The van der Waals surface area contributed by atoms with Crippen LogP contribution in [0.25, 0.3) is 0 Å². The standard InChI is InChI=1S/C36H45N5O3/c1-5-26(3)40(4)19-9-18-37-34(42)30-15-16-33(31(23-30)38-35(43)32-24-44-36(39-32)28-13-14-28)41-20-8-11-27(17-21-41)22-29-12-7-6-10-25(29)2/h5-7,10-12,15-16,23-24,28H,8-9,13-14,17-22H2,1-4H3,(H,37,42)(H,38,43)/b26-5-. The van der Waals surface area contributed by atoms with E-state index in [1.165, 1.54) is 28.7 Å². The van der Waals surface area contributed by atoms with Gasteiger partial charge in [-0.05, 0) is 88.6 Å². The maximum Gasteiger partial charge on any atom is 0.277 e. The van der Waals surface area contributed by atoms with Gasteiger partial charge in [0.15, 0.2) is 11.6 Å². The predicted octanol–water partition coefficient (Wildman–Crippen LogP) is 6.86. The first-order valence-corrected chi connectivity index (χ1v) is 15.8. The number of nitrogens with one attached hydrogen (secondary N) is 2. The average molecular weight is 596 g/mol. The van der Waals surface area contributed by atoms with Crippen LogP contribution < -0.4 is 15.5 Å². The molecule has 2 amide bonds. The predicted molar refractivity (Wildman–Crippen MR) is 176 cm³/mol. The summed E-state index contributed by atoms with van der Waals surface area (Å²) < 4.78 is 5.57. The van der Waals surface area contributed by atoms with Crippen LogP contribution in [0.4, 0.5) is 11.4 Å². The first kappa shape index (κ1) is 31.1. The van der Waals surface area contributed by atoms with Gasteiger partial charge in [0.25, 0.3) is 11.8 Å². The second kappa shape index (κ2) is 14.4. The minimum Gasteiger partial charge on any atom is -0.448 e. The third kappa shape index (κ3) is 7.98. The van der Waals surface area contributed by atoms with Crippen molar-refractivity contribution in [3.05, 3.63) is 100 Å². The zero-order valence-electron chi connectivity index (χ0n) is 26.5. The highest BCUT2D eigenvalue weighted by molar-refractivity contribution is 6.06. The van der Waals surface area contributed by atoms with E-state index in [9.17, 15) is 9.59 Å². The summed E-state index contributed by atoms with van der Waals surface area (Å²) in [6.45, 7) is 9.32. The van der Waals surface area contributed by atoms with Crippen LogP contribution in [-0.4, -0.2) is 54.9 Å². The molecule has 44 heavy (non-hydrogen) atoms. The summed E-state index contributed by atoms with van der Waals surface area (Å²) in [5.74, 6) is 0.445. The molecular weight excluding hydrogens is 550 g/mol. The zero-order valence-corrected chi connectivity index (χ0v) is 26.5. The average Bonchev–Trinajstić information content (AvgIpc) is 3.81. The van der Waals surface area contributed by atoms with E-state index in [-0.39, 0.29) is 17.5 Å². The van der Waals surface area contributed by atoms with Gasteiger partial charge in [-0.3, -0.25) is 9.59 Å². The number of aryl methyl sites for hydroxylation is 1. The molecule has 2 heterocycles. The molecule has 0 atom stereocenters. The van der Waals surface area contributed by atoms with Gasteiger partial charge in [-0.15, -0.1) is 0 Å². The Bertz CT molecular complexity index is 1530. The molecular formula is C36H45N5O3. The smallest absolute Gasteiger partial charge is 0.277 e. The summed E-state index contributed by atoms with van der Waals surface area (Å²) in [5.41, 5.74) is 7.56. The van der Waals surface area contributed by atoms with Gasteiger partial charge in [0.1, 0.15) is 6.26 Å². The third-order valence-electron chi connectivity index (χ3n) is 8.72. The molecule has 0 bridgehead atoms. The zero-order chi connectivity index (χ0) is 31.1. The monoisotopic (exact) mass is 595 g/mol. The number of carbonyl (C=O) groups excluding carboxylic acids is 2. The number of allylic oxidation sites excluding steroid dienone is 2. The Labute approximate surface area is 261 Å². The van der Waals surface area contributed by atoms with E-state index in [0.29, 0.717) is 29.6 Å². The van der Waals surface area contributed by atoms with E-state index in [4.69, 9.17) is 4.42 Å². The number of hydrogen-bond acceptors (Lipinski definition) is 6. The first-order valence-electron chi connectivity index (χ1n) is 15.8. The fourth-order valence-electron chi connectivity index (χ4n) is 5.54. The number of carbonyl (C=O) groups is 2. The lowest BCUT2D eigenvalue weighted by Gasteiger charge is -2.26. The molecule has 2 N–H and O–H groups in total. The van der Waals surface area contributed by atoms with Crippen LogP contribution in [0.2, 0.25) is 0 Å². The van der Waals surface area contributed by atoms with Crippen LogP contribution in [0, 0.1) is 6.92 Å². The van der Waals surface area contributed by atoms with Crippen LogP contribution in [-0.2, 0) is 6.42 Å². The van der Waals surface area contributed by atoms with Crippen molar-refractivity contribution in [1.82, 2.24) is 15.2 Å². The van der Waals surface area contributed by atoms with Crippen molar-refractivity contribution in [2.45, 2.75) is 65.2 Å². The number of anilines is 2. The molecule has 1 aliphatic heterocycles. The summed E-state index contributed by atoms with van der Waals surface area (Å²) in [4.78, 5) is 35.4. The summed E-state index contributed by atoms with van der Waals surface area (Å²) in [5, 5.41) is 6.10. The van der Waals surface area contributed by atoms with Crippen LogP contribution in [0.1, 0.15) is 89.7 Å². The minimum atomic E-state index is -0.338. The molecule has 0 radical (unpaired) electrons. The third-order valence-corrected chi connectivity index (χ3v) is 8.72. The highest BCUT2D eigenvalue weighted by atomic mass is 16.3. The van der Waals surface area contributed by atoms with Gasteiger partial charge in [0.05, 0.1) is 11.4 Å². The van der Waals surface area contributed by atoms with E-state index in [0.717, 1.165) is 63.8 Å². The Morgan fingerprint density at radius 3 is 2.73 bits per heavy atom. The number of nitrogens with zero attached hydrogens (tertiary/aromatic N) is 3. The van der Waals surface area contributed by atoms with Crippen molar-refractivity contribution >= 4 is 23.2 Å². The van der Waals surface area contributed by atoms with Crippen molar-refractivity contribution in [3.63, 3.8) is 0 Å². The molecule has 0 unspecified atom stereocenters. The van der Waals surface area contributed by atoms with Crippen molar-refractivity contribution in [2.75, 3.05) is 43.4 Å². The lowest BCUT2D eigenvalue weighted by molar-refractivity contribution is 0.0951. The number of aromatic nitrogens is 1. The Balaban J connectivity index is 1.29. The van der Waals surface area contributed by atoms with E-state index >= 15 is 0 Å². The Kier molecular flexibility index (Phi) is 10.2. The van der Waals surface area contributed by atoms with Gasteiger partial charge in [0.2, 0.25) is 0 Å². The Hall–Kier alpha value is -4.33. The first-order chi connectivity index (χ1) is 21.3. The van der Waals surface area contributed by atoms with E-state index in [2.05, 4.69) is 82.7 Å². The summed E-state index contributed by atoms with van der Waals surface area (Å²) in [7, 11) is 2.05. The van der Waals surface area contributed by atoms with Crippen molar-refractivity contribution in [3.8, 4) is 0 Å². The molecule has 2 aliphatic rings. The summed E-state index contributed by atoms with van der Waals surface area (Å²) in [6, 6.07) is 14.1. The number of amides is 2. The Morgan fingerprint density at radius 2 is 1.95 bits per heavy atom. The summed E-state index contributed by atoms with van der Waals surface area (Å²) >= 11 is 0. The van der Waals surface area contributed by atoms with E-state index < -0.39 is 0 Å². The number of benzene rings is 2. The normalized spacial score (nSPS) is 15.4. The topological polar surface area (TPSA) is 90.7 Å². The van der Waals surface area contributed by atoms with E-state index in [1.807, 2.05) is 19.1 Å². The molecule has 3 aromatic rings. The van der Waals surface area contributed by atoms with Crippen molar-refractivity contribution in [2.24, 2.45) is 0 Å². The van der Waals surface area contributed by atoms with Crippen LogP contribution >= 0.6 is 0 Å². The molecule has 1 fully saturated rings. The Morgan fingerprint density at radius 1 is 1.14 bits per heavy atom. The molecule has 2 aromatic carbocycles. The fraction of sp³-hybridized carbons (Fsp3) is 0.417. The number of oxazole rings is 1. The van der Waals surface area contributed by atoms with Gasteiger partial charge < -0.3 is 24.9 Å².